The highest BCUT2D eigenvalue weighted by Gasteiger charge is 1.92. The van der Waals surface area contributed by atoms with Crippen LogP contribution in [0.15, 0.2) is 29.4 Å². The Morgan fingerprint density at radius 3 is 2.82 bits per heavy atom. The topological polar surface area (TPSA) is 38.4 Å². The Morgan fingerprint density at radius 1 is 1.45 bits per heavy atom. The molecule has 2 N–H and O–H groups in total. The molecule has 1 rings (SSSR count). The van der Waals surface area contributed by atoms with E-state index in [2.05, 4.69) is 11.0 Å². The fourth-order valence-electron chi connectivity index (χ4n) is 0.821. The van der Waals surface area contributed by atoms with Crippen molar-refractivity contribution in [3.8, 4) is 12.3 Å². The molecule has 0 saturated carbocycles. The summed E-state index contributed by atoms with van der Waals surface area (Å²) in [5, 5.41) is 3.39. The number of hydrazone groups is 1. The summed E-state index contributed by atoms with van der Waals surface area (Å²) in [5.74, 6) is 7.52. The highest BCUT2D eigenvalue weighted by molar-refractivity contribution is 5.83. The van der Waals surface area contributed by atoms with Crippen molar-refractivity contribution in [3.63, 3.8) is 0 Å². The smallest absolute Gasteiger partial charge is 0.0550 e. The number of nitrogens with two attached hydrogens (primary N) is 1. The van der Waals surface area contributed by atoms with Gasteiger partial charge in [-0.1, -0.05) is 24.1 Å². The van der Waals surface area contributed by atoms with Gasteiger partial charge in [-0.2, -0.15) is 5.10 Å². The summed E-state index contributed by atoms with van der Waals surface area (Å²) in [7, 11) is 0. The molecule has 11 heavy (non-hydrogen) atoms. The Bertz CT molecular complexity index is 308. The van der Waals surface area contributed by atoms with Gasteiger partial charge in [-0.3, -0.25) is 0 Å². The van der Waals surface area contributed by atoms with Gasteiger partial charge >= 0.3 is 0 Å². The minimum absolute atomic E-state index is 0.807. The monoisotopic (exact) mass is 144 g/mol. The molecule has 2 heteroatoms. The number of benzene rings is 1. The van der Waals surface area contributed by atoms with Crippen LogP contribution in [0.1, 0.15) is 11.1 Å². The van der Waals surface area contributed by atoms with Crippen LogP contribution >= 0.6 is 0 Å². The first-order chi connectivity index (χ1) is 5.38. The molecule has 0 aliphatic carbocycles. The van der Waals surface area contributed by atoms with Gasteiger partial charge in [0.25, 0.3) is 0 Å². The van der Waals surface area contributed by atoms with Crippen molar-refractivity contribution in [3.05, 3.63) is 35.4 Å². The van der Waals surface area contributed by atoms with Gasteiger partial charge in [0.1, 0.15) is 0 Å². The Hall–Kier alpha value is -1.75. The first-order valence-corrected chi connectivity index (χ1v) is 3.17. The Labute approximate surface area is 65.7 Å². The Kier molecular flexibility index (Phi) is 2.29. The van der Waals surface area contributed by atoms with Crippen molar-refractivity contribution < 1.29 is 0 Å². The minimum Gasteiger partial charge on any atom is -0.323 e. The number of hydrogen-bond acceptors (Lipinski definition) is 2. The van der Waals surface area contributed by atoms with Gasteiger partial charge in [-0.05, 0) is 6.07 Å². The molecule has 2 nitrogen and oxygen atoms in total. The van der Waals surface area contributed by atoms with Gasteiger partial charge in [0.15, 0.2) is 0 Å². The molecule has 0 radical (unpaired) electrons. The van der Waals surface area contributed by atoms with Gasteiger partial charge < -0.3 is 5.84 Å². The molecular formula is C9H8N2. The molecule has 1 aromatic carbocycles. The van der Waals surface area contributed by atoms with Crippen LogP contribution in [0.4, 0.5) is 0 Å². The number of hydrogen-bond donors (Lipinski definition) is 1. The summed E-state index contributed by atoms with van der Waals surface area (Å²) in [6.07, 6.45) is 6.77. The summed E-state index contributed by atoms with van der Waals surface area (Å²) in [6, 6.07) is 7.48. The summed E-state index contributed by atoms with van der Waals surface area (Å²) in [6.45, 7) is 0. The predicted molar refractivity (Wildman–Crippen MR) is 46.2 cm³/mol. The zero-order valence-corrected chi connectivity index (χ0v) is 5.99. The average molecular weight is 144 g/mol. The lowest BCUT2D eigenvalue weighted by molar-refractivity contribution is 1.26. The van der Waals surface area contributed by atoms with Crippen LogP contribution in [0.5, 0.6) is 0 Å². The second-order valence-electron chi connectivity index (χ2n) is 2.01. The SMILES string of the molecule is C#Cc1ccccc1/C=N/N. The lowest BCUT2D eigenvalue weighted by Gasteiger charge is -1.94. The van der Waals surface area contributed by atoms with E-state index >= 15 is 0 Å². The van der Waals surface area contributed by atoms with Crippen molar-refractivity contribution in [1.82, 2.24) is 0 Å². The van der Waals surface area contributed by atoms with Crippen LogP contribution in [-0.4, -0.2) is 6.21 Å². The summed E-state index contributed by atoms with van der Waals surface area (Å²) >= 11 is 0. The Balaban J connectivity index is 3.15. The molecule has 0 fully saturated rings. The van der Waals surface area contributed by atoms with Gasteiger partial charge in [-0.15, -0.1) is 6.42 Å². The van der Waals surface area contributed by atoms with Crippen molar-refractivity contribution in [1.29, 1.82) is 0 Å². The molecule has 0 heterocycles. The normalized spacial score (nSPS) is 9.73. The molecule has 0 bridgehead atoms. The van der Waals surface area contributed by atoms with E-state index in [0.29, 0.717) is 0 Å². The Morgan fingerprint density at radius 2 is 2.18 bits per heavy atom. The first-order valence-electron chi connectivity index (χ1n) is 3.17. The zero-order chi connectivity index (χ0) is 8.10. The van der Waals surface area contributed by atoms with Crippen molar-refractivity contribution in [2.24, 2.45) is 10.9 Å². The quantitative estimate of drug-likeness (QED) is 0.271. The van der Waals surface area contributed by atoms with Crippen LogP contribution < -0.4 is 5.84 Å². The van der Waals surface area contributed by atoms with Crippen LogP contribution in [0.3, 0.4) is 0 Å². The van der Waals surface area contributed by atoms with Crippen molar-refractivity contribution in [2.75, 3.05) is 0 Å². The fourth-order valence-corrected chi connectivity index (χ4v) is 0.821. The van der Waals surface area contributed by atoms with E-state index in [1.54, 1.807) is 0 Å². The molecule has 0 spiro atoms. The van der Waals surface area contributed by atoms with Crippen molar-refractivity contribution >= 4 is 6.21 Å². The molecule has 0 atom stereocenters. The third kappa shape index (κ3) is 1.59. The van der Waals surface area contributed by atoms with Crippen LogP contribution in [0.2, 0.25) is 0 Å². The van der Waals surface area contributed by atoms with Crippen molar-refractivity contribution in [2.45, 2.75) is 0 Å². The van der Waals surface area contributed by atoms with E-state index in [4.69, 9.17) is 12.3 Å². The third-order valence-corrected chi connectivity index (χ3v) is 1.33. The molecule has 54 valence electrons. The van der Waals surface area contributed by atoms with Gasteiger partial charge in [-0.25, -0.2) is 0 Å². The van der Waals surface area contributed by atoms with Crippen LogP contribution in [0, 0.1) is 12.3 Å². The van der Waals surface area contributed by atoms with E-state index in [-0.39, 0.29) is 0 Å². The van der Waals surface area contributed by atoms with Gasteiger partial charge in [0, 0.05) is 11.1 Å². The van der Waals surface area contributed by atoms with Gasteiger partial charge in [0.2, 0.25) is 0 Å². The third-order valence-electron chi connectivity index (χ3n) is 1.33. The van der Waals surface area contributed by atoms with E-state index in [1.165, 1.54) is 6.21 Å². The molecule has 0 aliphatic heterocycles. The van der Waals surface area contributed by atoms with E-state index in [9.17, 15) is 0 Å². The van der Waals surface area contributed by atoms with E-state index in [1.807, 2.05) is 24.3 Å². The standard InChI is InChI=1S/C9H8N2/c1-2-8-5-3-4-6-9(8)7-11-10/h1,3-7H,10H2/b11-7+. The molecule has 0 unspecified atom stereocenters. The number of nitrogens with zero attached hydrogens (tertiary/aromatic N) is 1. The summed E-state index contributed by atoms with van der Waals surface area (Å²) in [5.41, 5.74) is 1.68. The van der Waals surface area contributed by atoms with E-state index in [0.717, 1.165) is 11.1 Å². The largest absolute Gasteiger partial charge is 0.323 e. The molecular weight excluding hydrogens is 136 g/mol. The number of rotatable bonds is 1. The molecule has 0 aliphatic rings. The lowest BCUT2D eigenvalue weighted by atomic mass is 10.1. The molecule has 0 saturated heterocycles. The minimum atomic E-state index is 0.807. The zero-order valence-electron chi connectivity index (χ0n) is 5.99. The van der Waals surface area contributed by atoms with E-state index < -0.39 is 0 Å². The molecule has 0 aromatic heterocycles. The molecule has 1 aromatic rings. The maximum Gasteiger partial charge on any atom is 0.0550 e. The summed E-state index contributed by atoms with van der Waals surface area (Å²) < 4.78 is 0. The van der Waals surface area contributed by atoms with Crippen LogP contribution in [0.25, 0.3) is 0 Å². The first kappa shape index (κ1) is 7.36. The fraction of sp³-hybridized carbons (Fsp3) is 0. The second kappa shape index (κ2) is 3.43. The summed E-state index contributed by atoms with van der Waals surface area (Å²) in [4.78, 5) is 0. The highest BCUT2D eigenvalue weighted by Crippen LogP contribution is 2.03. The maximum absolute atomic E-state index is 5.23. The number of terminal acetylenes is 1. The highest BCUT2D eigenvalue weighted by atomic mass is 15.1. The average Bonchev–Trinajstić information content (AvgIpc) is 2.06. The predicted octanol–water partition coefficient (Wildman–Crippen LogP) is 0.961. The lowest BCUT2D eigenvalue weighted by Crippen LogP contribution is -1.89. The van der Waals surface area contributed by atoms with Gasteiger partial charge in [0.05, 0.1) is 6.21 Å². The second-order valence-corrected chi connectivity index (χ2v) is 2.01. The maximum atomic E-state index is 5.23. The van der Waals surface area contributed by atoms with Crippen LogP contribution in [-0.2, 0) is 0 Å². The molecule has 0 amide bonds.